The molecule has 0 aliphatic heterocycles. The number of nitrogens with zero attached hydrogens (tertiary/aromatic N) is 1. The Balaban J connectivity index is 0.00000400. The van der Waals surface area contributed by atoms with Gasteiger partial charge >= 0.3 is 0 Å². The first-order valence-electron chi connectivity index (χ1n) is 8.51. The Labute approximate surface area is 139 Å². The van der Waals surface area contributed by atoms with Gasteiger partial charge in [0.25, 0.3) is 0 Å². The van der Waals surface area contributed by atoms with E-state index in [-0.39, 0.29) is 12.4 Å². The third kappa shape index (κ3) is 8.17. The van der Waals surface area contributed by atoms with E-state index in [1.807, 2.05) is 12.3 Å². The smallest absolute Gasteiger partial charge is 0.101 e. The van der Waals surface area contributed by atoms with Crippen molar-refractivity contribution in [3.63, 3.8) is 0 Å². The van der Waals surface area contributed by atoms with E-state index >= 15 is 0 Å². The molecule has 0 unspecified atom stereocenters. The molecule has 1 aromatic heterocycles. The van der Waals surface area contributed by atoms with E-state index in [1.54, 1.807) is 0 Å². The molecular weight excluding hydrogens is 297 g/mol. The monoisotopic (exact) mass is 329 g/mol. The van der Waals surface area contributed by atoms with Gasteiger partial charge in [-0.1, -0.05) is 46.1 Å². The quantitative estimate of drug-likeness (QED) is 0.569. The number of unbranched alkanes of at least 4 members (excludes halogenated alkanes) is 3. The van der Waals surface area contributed by atoms with Crippen molar-refractivity contribution in [2.75, 3.05) is 18.5 Å². The van der Waals surface area contributed by atoms with Crippen molar-refractivity contribution >= 4 is 7.26 Å². The summed E-state index contributed by atoms with van der Waals surface area (Å²) in [6.45, 7) is 6.99. The van der Waals surface area contributed by atoms with Crippen LogP contribution in [0.5, 0.6) is 0 Å². The van der Waals surface area contributed by atoms with Gasteiger partial charge in [0.15, 0.2) is 0 Å². The van der Waals surface area contributed by atoms with E-state index in [9.17, 15) is 0 Å². The van der Waals surface area contributed by atoms with Gasteiger partial charge in [0.1, 0.15) is 6.16 Å². The maximum atomic E-state index is 4.62. The molecule has 0 aliphatic rings. The highest BCUT2D eigenvalue weighted by molar-refractivity contribution is 7.75. The highest BCUT2D eigenvalue weighted by atomic mass is 35.5. The van der Waals surface area contributed by atoms with Gasteiger partial charge in [-0.05, 0) is 31.4 Å². The minimum atomic E-state index is -0.830. The van der Waals surface area contributed by atoms with Crippen molar-refractivity contribution in [2.45, 2.75) is 65.5 Å². The van der Waals surface area contributed by atoms with Gasteiger partial charge in [0.05, 0.1) is 24.2 Å². The van der Waals surface area contributed by atoms with Crippen molar-refractivity contribution in [3.05, 3.63) is 30.1 Å². The minimum Gasteiger partial charge on any atom is -1.00 e. The van der Waals surface area contributed by atoms with Crippen LogP contribution in [-0.4, -0.2) is 23.5 Å². The number of hydrogen-bond donors (Lipinski definition) is 0. The van der Waals surface area contributed by atoms with E-state index in [4.69, 9.17) is 0 Å². The second kappa shape index (κ2) is 12.4. The lowest BCUT2D eigenvalue weighted by atomic mass is 10.4. The normalized spacial score (nSPS) is 11.2. The molecule has 0 atom stereocenters. The Kier molecular flexibility index (Phi) is 12.3. The molecule has 0 amide bonds. The zero-order valence-corrected chi connectivity index (χ0v) is 15.8. The SMILES string of the molecule is CCCC[P+](CCCC)(CCCC)Cc1ccccn1.[Cl-]. The van der Waals surface area contributed by atoms with E-state index in [1.165, 1.54) is 68.9 Å². The van der Waals surface area contributed by atoms with Crippen LogP contribution in [0.1, 0.15) is 65.0 Å². The number of halogens is 1. The van der Waals surface area contributed by atoms with Gasteiger partial charge in [0.2, 0.25) is 0 Å². The summed E-state index contributed by atoms with van der Waals surface area (Å²) >= 11 is 0. The maximum absolute atomic E-state index is 4.62. The van der Waals surface area contributed by atoms with Crippen molar-refractivity contribution in [3.8, 4) is 0 Å². The van der Waals surface area contributed by atoms with Crippen molar-refractivity contribution in [1.29, 1.82) is 0 Å². The fourth-order valence-corrected chi connectivity index (χ4v) is 7.87. The highest BCUT2D eigenvalue weighted by Crippen LogP contribution is 2.63. The van der Waals surface area contributed by atoms with Gasteiger partial charge < -0.3 is 12.4 Å². The third-order valence-electron chi connectivity index (χ3n) is 4.18. The van der Waals surface area contributed by atoms with Crippen LogP contribution in [0, 0.1) is 0 Å². The van der Waals surface area contributed by atoms with Gasteiger partial charge in [-0.25, -0.2) is 0 Å². The first-order chi connectivity index (χ1) is 9.76. The van der Waals surface area contributed by atoms with Crippen LogP contribution in [0.4, 0.5) is 0 Å². The zero-order valence-electron chi connectivity index (χ0n) is 14.2. The second-order valence-corrected chi connectivity index (χ2v) is 10.4. The molecule has 0 bridgehead atoms. The lowest BCUT2D eigenvalue weighted by Crippen LogP contribution is -3.00. The van der Waals surface area contributed by atoms with Gasteiger partial charge in [0, 0.05) is 13.5 Å². The summed E-state index contributed by atoms with van der Waals surface area (Å²) in [5.41, 5.74) is 1.34. The van der Waals surface area contributed by atoms with Crippen LogP contribution in [-0.2, 0) is 6.16 Å². The topological polar surface area (TPSA) is 12.9 Å². The van der Waals surface area contributed by atoms with Crippen molar-refractivity contribution in [2.24, 2.45) is 0 Å². The molecule has 1 aromatic rings. The lowest BCUT2D eigenvalue weighted by molar-refractivity contribution is -0.00000462. The standard InChI is InChI=1S/C18H33NP.ClH/c1-4-7-14-20(15-8-5-2,16-9-6-3)17-18-12-10-11-13-19-18;/h10-13H,4-9,14-17H2,1-3H3;1H/q+1;/p-1. The van der Waals surface area contributed by atoms with E-state index in [0.717, 1.165) is 0 Å². The van der Waals surface area contributed by atoms with Crippen molar-refractivity contribution in [1.82, 2.24) is 4.98 Å². The minimum absolute atomic E-state index is 0. The summed E-state index contributed by atoms with van der Waals surface area (Å²) < 4.78 is 0. The van der Waals surface area contributed by atoms with Crippen molar-refractivity contribution < 1.29 is 12.4 Å². The summed E-state index contributed by atoms with van der Waals surface area (Å²) in [7, 11) is -0.830. The maximum Gasteiger partial charge on any atom is 0.101 e. The molecule has 0 spiro atoms. The molecule has 1 rings (SSSR count). The molecule has 0 aromatic carbocycles. The van der Waals surface area contributed by atoms with Crippen LogP contribution in [0.2, 0.25) is 0 Å². The number of pyridine rings is 1. The Bertz CT molecular complexity index is 321. The summed E-state index contributed by atoms with van der Waals surface area (Å²) in [5, 5.41) is 0. The van der Waals surface area contributed by atoms with Crippen LogP contribution in [0.25, 0.3) is 0 Å². The molecule has 0 saturated carbocycles. The average Bonchev–Trinajstić information content (AvgIpc) is 2.49. The van der Waals surface area contributed by atoms with Crippen LogP contribution in [0.3, 0.4) is 0 Å². The number of aromatic nitrogens is 1. The fourth-order valence-electron chi connectivity index (χ4n) is 2.89. The summed E-state index contributed by atoms with van der Waals surface area (Å²) in [6.07, 6.45) is 15.9. The molecule has 1 nitrogen and oxygen atoms in total. The Morgan fingerprint density at radius 2 is 1.38 bits per heavy atom. The average molecular weight is 330 g/mol. The van der Waals surface area contributed by atoms with Crippen LogP contribution in [0.15, 0.2) is 24.4 Å². The fraction of sp³-hybridized carbons (Fsp3) is 0.722. The molecule has 3 heteroatoms. The first-order valence-corrected chi connectivity index (χ1v) is 11.0. The second-order valence-electron chi connectivity index (χ2n) is 6.05. The van der Waals surface area contributed by atoms with Gasteiger partial charge in [-0.15, -0.1) is 0 Å². The molecule has 0 N–H and O–H groups in total. The molecule has 122 valence electrons. The molecule has 0 aliphatic carbocycles. The summed E-state index contributed by atoms with van der Waals surface area (Å²) in [4.78, 5) is 4.62. The predicted octanol–water partition coefficient (Wildman–Crippen LogP) is 3.00. The number of hydrogen-bond acceptors (Lipinski definition) is 1. The van der Waals surface area contributed by atoms with E-state index < -0.39 is 7.26 Å². The molecule has 0 saturated heterocycles. The Morgan fingerprint density at radius 1 is 0.857 bits per heavy atom. The molecule has 0 radical (unpaired) electrons. The lowest BCUT2D eigenvalue weighted by Gasteiger charge is -2.27. The van der Waals surface area contributed by atoms with Gasteiger partial charge in [-0.3, -0.25) is 4.98 Å². The molecule has 1 heterocycles. The number of rotatable bonds is 11. The largest absolute Gasteiger partial charge is 1.00 e. The predicted molar refractivity (Wildman–Crippen MR) is 94.2 cm³/mol. The third-order valence-corrected chi connectivity index (χ3v) is 8.97. The molecule has 21 heavy (non-hydrogen) atoms. The van der Waals surface area contributed by atoms with Gasteiger partial charge in [-0.2, -0.15) is 0 Å². The Morgan fingerprint density at radius 3 is 1.76 bits per heavy atom. The summed E-state index contributed by atoms with van der Waals surface area (Å²) in [5.74, 6) is 0. The Hall–Kier alpha value is -0.130. The molecular formula is C18H33ClNP. The zero-order chi connectivity index (χ0) is 14.7. The van der Waals surface area contributed by atoms with E-state index in [0.29, 0.717) is 0 Å². The highest BCUT2D eigenvalue weighted by Gasteiger charge is 2.35. The first kappa shape index (κ1) is 20.9. The summed E-state index contributed by atoms with van der Waals surface area (Å²) in [6, 6.07) is 6.42. The van der Waals surface area contributed by atoms with Crippen LogP contribution < -0.4 is 12.4 Å². The van der Waals surface area contributed by atoms with Crippen LogP contribution >= 0.6 is 7.26 Å². The molecule has 0 fully saturated rings. The van der Waals surface area contributed by atoms with E-state index in [2.05, 4.69) is 37.9 Å².